The number of piperazine rings is 1. The van der Waals surface area contributed by atoms with Gasteiger partial charge in [-0.15, -0.1) is 0 Å². The predicted molar refractivity (Wildman–Crippen MR) is 98.2 cm³/mol. The summed E-state index contributed by atoms with van der Waals surface area (Å²) in [5, 5.41) is 2.61. The Morgan fingerprint density at radius 3 is 2.44 bits per heavy atom. The highest BCUT2D eigenvalue weighted by atomic mass is 32.2. The fourth-order valence-corrected chi connectivity index (χ4v) is 4.57. The van der Waals surface area contributed by atoms with Gasteiger partial charge < -0.3 is 10.1 Å². The number of benzene rings is 2. The molecule has 1 aliphatic rings. The lowest BCUT2D eigenvalue weighted by molar-refractivity contribution is -0.127. The number of rotatable bonds is 5. The van der Waals surface area contributed by atoms with Crippen molar-refractivity contribution in [2.75, 3.05) is 13.1 Å². The van der Waals surface area contributed by atoms with Crippen molar-refractivity contribution in [3.8, 4) is 5.75 Å². The zero-order valence-electron chi connectivity index (χ0n) is 15.1. The maximum Gasteiger partial charge on any atom is 0.244 e. The lowest BCUT2D eigenvalue weighted by atomic mass is 10.0. The van der Waals surface area contributed by atoms with Gasteiger partial charge >= 0.3 is 0 Å². The van der Waals surface area contributed by atoms with Crippen LogP contribution in [0.15, 0.2) is 53.4 Å². The van der Waals surface area contributed by atoms with Gasteiger partial charge in [0.05, 0.1) is 11.0 Å². The number of hydrogen-bond donors (Lipinski definition) is 1. The first-order valence-corrected chi connectivity index (χ1v) is 10.1. The zero-order valence-corrected chi connectivity index (χ0v) is 15.9. The molecule has 2 aromatic carbocycles. The molecule has 2 aromatic rings. The lowest BCUT2D eigenvalue weighted by Crippen LogP contribution is -2.52. The minimum absolute atomic E-state index is 0.0228. The Labute approximate surface area is 158 Å². The van der Waals surface area contributed by atoms with E-state index in [9.17, 15) is 17.6 Å². The van der Waals surface area contributed by atoms with E-state index in [0.29, 0.717) is 5.75 Å². The second-order valence-electron chi connectivity index (χ2n) is 6.47. The van der Waals surface area contributed by atoms with Crippen LogP contribution in [0.2, 0.25) is 0 Å². The van der Waals surface area contributed by atoms with Crippen LogP contribution in [0.4, 0.5) is 4.39 Å². The average molecular weight is 392 g/mol. The number of carbonyl (C=O) groups excluding carboxylic acids is 1. The number of carbonyl (C=O) groups is 1. The van der Waals surface area contributed by atoms with Crippen LogP contribution in [0.25, 0.3) is 0 Å². The maximum atomic E-state index is 14.3. The van der Waals surface area contributed by atoms with E-state index in [1.54, 1.807) is 18.2 Å². The largest absolute Gasteiger partial charge is 0.491 e. The van der Waals surface area contributed by atoms with Crippen LogP contribution < -0.4 is 10.1 Å². The van der Waals surface area contributed by atoms with Crippen molar-refractivity contribution in [1.29, 1.82) is 0 Å². The number of nitrogens with zero attached hydrogens (tertiary/aromatic N) is 1. The van der Waals surface area contributed by atoms with Gasteiger partial charge in [0.25, 0.3) is 0 Å². The van der Waals surface area contributed by atoms with Gasteiger partial charge in [-0.25, -0.2) is 12.8 Å². The number of ether oxygens (including phenoxy) is 1. The van der Waals surface area contributed by atoms with E-state index >= 15 is 0 Å². The minimum Gasteiger partial charge on any atom is -0.491 e. The molecule has 144 valence electrons. The highest BCUT2D eigenvalue weighted by Gasteiger charge is 2.40. The molecule has 1 aliphatic heterocycles. The molecule has 1 heterocycles. The Hall–Kier alpha value is -2.45. The molecule has 1 N–H and O–H groups in total. The first kappa shape index (κ1) is 19.3. The first-order valence-electron chi connectivity index (χ1n) is 8.61. The summed E-state index contributed by atoms with van der Waals surface area (Å²) in [6, 6.07) is 10.4. The summed E-state index contributed by atoms with van der Waals surface area (Å²) < 4.78 is 47.1. The van der Waals surface area contributed by atoms with Gasteiger partial charge in [-0.05, 0) is 44.2 Å². The summed E-state index contributed by atoms with van der Waals surface area (Å²) in [6.45, 7) is 3.96. The molecule has 0 spiro atoms. The number of hydrogen-bond acceptors (Lipinski definition) is 4. The number of amides is 1. The van der Waals surface area contributed by atoms with Gasteiger partial charge in [0, 0.05) is 18.7 Å². The summed E-state index contributed by atoms with van der Waals surface area (Å²) in [7, 11) is -4.00. The van der Waals surface area contributed by atoms with Crippen LogP contribution in [0.5, 0.6) is 5.75 Å². The van der Waals surface area contributed by atoms with Crippen LogP contribution in [0, 0.1) is 5.82 Å². The van der Waals surface area contributed by atoms with Gasteiger partial charge in [-0.1, -0.05) is 18.2 Å². The van der Waals surface area contributed by atoms with Gasteiger partial charge in [0.15, 0.2) is 0 Å². The SMILES string of the molecule is CC(C)Oc1ccc(S(=O)(=O)N2CCNC(=O)C2c2ccccc2F)cc1. The van der Waals surface area contributed by atoms with E-state index < -0.39 is 27.8 Å². The van der Waals surface area contributed by atoms with Gasteiger partial charge in [0.2, 0.25) is 15.9 Å². The third kappa shape index (κ3) is 3.96. The van der Waals surface area contributed by atoms with Crippen LogP contribution in [0.1, 0.15) is 25.5 Å². The fraction of sp³-hybridized carbons (Fsp3) is 0.316. The van der Waals surface area contributed by atoms with Crippen molar-refractivity contribution < 1.29 is 22.3 Å². The molecule has 1 fully saturated rings. The second-order valence-corrected chi connectivity index (χ2v) is 8.36. The Bertz CT molecular complexity index is 929. The van der Waals surface area contributed by atoms with Crippen molar-refractivity contribution in [2.45, 2.75) is 30.9 Å². The van der Waals surface area contributed by atoms with Gasteiger partial charge in [-0.3, -0.25) is 4.79 Å². The molecule has 1 atom stereocenters. The summed E-state index contributed by atoms with van der Waals surface area (Å²) in [5.74, 6) is -0.624. The van der Waals surface area contributed by atoms with E-state index in [0.717, 1.165) is 4.31 Å². The summed E-state index contributed by atoms with van der Waals surface area (Å²) in [4.78, 5) is 12.4. The van der Waals surface area contributed by atoms with E-state index in [1.807, 2.05) is 13.8 Å². The quantitative estimate of drug-likeness (QED) is 0.848. The van der Waals surface area contributed by atoms with Crippen LogP contribution >= 0.6 is 0 Å². The molecule has 27 heavy (non-hydrogen) atoms. The van der Waals surface area contributed by atoms with E-state index in [2.05, 4.69) is 5.32 Å². The zero-order chi connectivity index (χ0) is 19.6. The Morgan fingerprint density at radius 2 is 1.81 bits per heavy atom. The molecule has 0 bridgehead atoms. The van der Waals surface area contributed by atoms with Crippen LogP contribution in [0.3, 0.4) is 0 Å². The minimum atomic E-state index is -4.00. The van der Waals surface area contributed by atoms with Crippen molar-refractivity contribution in [3.05, 3.63) is 59.9 Å². The topological polar surface area (TPSA) is 75.7 Å². The highest BCUT2D eigenvalue weighted by Crippen LogP contribution is 2.31. The third-order valence-corrected chi connectivity index (χ3v) is 6.05. The molecular formula is C19H21FN2O4S. The summed E-state index contributed by atoms with van der Waals surface area (Å²) in [5.41, 5.74) is 0.0260. The Balaban J connectivity index is 1.98. The lowest BCUT2D eigenvalue weighted by Gasteiger charge is -2.34. The molecule has 1 saturated heterocycles. The number of sulfonamides is 1. The molecule has 1 amide bonds. The van der Waals surface area contributed by atoms with Gasteiger partial charge in [-0.2, -0.15) is 4.31 Å². The maximum absolute atomic E-state index is 14.3. The molecular weight excluding hydrogens is 371 g/mol. The number of nitrogens with one attached hydrogen (secondary N) is 1. The first-order chi connectivity index (χ1) is 12.8. The van der Waals surface area contributed by atoms with Gasteiger partial charge in [0.1, 0.15) is 17.6 Å². The molecule has 0 aliphatic carbocycles. The molecule has 6 nitrogen and oxygen atoms in total. The van der Waals surface area contributed by atoms with Crippen LogP contribution in [-0.2, 0) is 14.8 Å². The predicted octanol–water partition coefficient (Wildman–Crippen LogP) is 2.47. The molecule has 0 saturated carbocycles. The Kier molecular flexibility index (Phi) is 5.48. The smallest absolute Gasteiger partial charge is 0.244 e. The highest BCUT2D eigenvalue weighted by molar-refractivity contribution is 7.89. The number of halogens is 1. The second kappa shape index (κ2) is 7.66. The normalized spacial score (nSPS) is 18.4. The standard InChI is InChI=1S/C19H21FN2O4S/c1-13(2)26-14-7-9-15(10-8-14)27(24,25)22-12-11-21-19(23)18(22)16-5-3-4-6-17(16)20/h3-10,13,18H,11-12H2,1-2H3,(H,21,23). The summed E-state index contributed by atoms with van der Waals surface area (Å²) in [6.07, 6.45) is -0.0383. The van der Waals surface area contributed by atoms with Crippen LogP contribution in [-0.4, -0.2) is 37.8 Å². The monoisotopic (exact) mass is 392 g/mol. The van der Waals surface area contributed by atoms with Crippen molar-refractivity contribution >= 4 is 15.9 Å². The van der Waals surface area contributed by atoms with E-state index in [-0.39, 0.29) is 29.7 Å². The molecule has 1 unspecified atom stereocenters. The summed E-state index contributed by atoms with van der Waals surface area (Å²) >= 11 is 0. The van der Waals surface area contributed by atoms with Crippen molar-refractivity contribution in [2.24, 2.45) is 0 Å². The molecule has 8 heteroatoms. The third-order valence-electron chi connectivity index (χ3n) is 4.17. The molecule has 0 aromatic heterocycles. The molecule has 3 rings (SSSR count). The Morgan fingerprint density at radius 1 is 1.15 bits per heavy atom. The van der Waals surface area contributed by atoms with E-state index in [4.69, 9.17) is 4.74 Å². The van der Waals surface area contributed by atoms with Crippen molar-refractivity contribution in [3.63, 3.8) is 0 Å². The molecule has 0 radical (unpaired) electrons. The average Bonchev–Trinajstić information content (AvgIpc) is 2.62. The fourth-order valence-electron chi connectivity index (χ4n) is 3.00. The van der Waals surface area contributed by atoms with E-state index in [1.165, 1.54) is 30.3 Å². The van der Waals surface area contributed by atoms with Crippen molar-refractivity contribution in [1.82, 2.24) is 9.62 Å².